The molecule has 0 aliphatic heterocycles. The summed E-state index contributed by atoms with van der Waals surface area (Å²) in [4.78, 5) is 26.3. The number of carbonyl (C=O) groups is 2. The zero-order chi connectivity index (χ0) is 24.1. The lowest BCUT2D eigenvalue weighted by Gasteiger charge is -2.15. The van der Waals surface area contributed by atoms with E-state index in [1.165, 1.54) is 12.0 Å². The number of amides is 1. The maximum atomic E-state index is 13.4. The van der Waals surface area contributed by atoms with E-state index in [0.29, 0.717) is 34.9 Å². The van der Waals surface area contributed by atoms with Crippen LogP contribution in [0.15, 0.2) is 42.5 Å². The molecular weight excluding hydrogens is 452 g/mol. The summed E-state index contributed by atoms with van der Waals surface area (Å²) >= 11 is 1.65. The predicted molar refractivity (Wildman–Crippen MR) is 134 cm³/mol. The largest absolute Gasteiger partial charge is 0.493 e. The van der Waals surface area contributed by atoms with Crippen molar-refractivity contribution in [3.05, 3.63) is 69.6 Å². The van der Waals surface area contributed by atoms with Gasteiger partial charge in [-0.2, -0.15) is 0 Å². The van der Waals surface area contributed by atoms with Crippen LogP contribution in [0.3, 0.4) is 0 Å². The van der Waals surface area contributed by atoms with Gasteiger partial charge in [-0.3, -0.25) is 4.79 Å². The van der Waals surface area contributed by atoms with E-state index in [4.69, 9.17) is 14.2 Å². The summed E-state index contributed by atoms with van der Waals surface area (Å²) in [5.41, 5.74) is 3.81. The van der Waals surface area contributed by atoms with E-state index >= 15 is 0 Å². The van der Waals surface area contributed by atoms with Crippen molar-refractivity contribution in [3.63, 3.8) is 0 Å². The van der Waals surface area contributed by atoms with Gasteiger partial charge in [-0.1, -0.05) is 12.1 Å². The van der Waals surface area contributed by atoms with Crippen molar-refractivity contribution >= 4 is 33.9 Å². The highest BCUT2D eigenvalue weighted by Crippen LogP contribution is 2.39. The number of benzene rings is 2. The first kappa shape index (κ1) is 23.6. The minimum Gasteiger partial charge on any atom is -0.493 e. The molecule has 2 aromatic carbocycles. The Balaban J connectivity index is 1.58. The van der Waals surface area contributed by atoms with E-state index in [9.17, 15) is 9.59 Å². The van der Waals surface area contributed by atoms with Gasteiger partial charge >= 0.3 is 5.97 Å². The molecule has 178 valence electrons. The highest BCUT2D eigenvalue weighted by Gasteiger charge is 2.26. The fraction of sp³-hybridized carbons (Fsp3) is 0.308. The first-order valence-corrected chi connectivity index (χ1v) is 11.9. The average Bonchev–Trinajstić information content (AvgIpc) is 3.25. The van der Waals surface area contributed by atoms with Gasteiger partial charge < -0.3 is 24.8 Å². The molecule has 1 aliphatic rings. The van der Waals surface area contributed by atoms with Crippen molar-refractivity contribution in [3.8, 4) is 11.5 Å². The fourth-order valence-electron chi connectivity index (χ4n) is 4.20. The topological polar surface area (TPSA) is 85.9 Å². The molecule has 7 nitrogen and oxygen atoms in total. The van der Waals surface area contributed by atoms with Crippen LogP contribution in [0, 0.1) is 0 Å². The molecule has 0 saturated heterocycles. The Morgan fingerprint density at radius 1 is 0.971 bits per heavy atom. The molecule has 0 saturated carbocycles. The van der Waals surface area contributed by atoms with Crippen LogP contribution in [0.4, 0.5) is 10.7 Å². The second-order valence-corrected chi connectivity index (χ2v) is 9.05. The molecule has 0 unspecified atom stereocenters. The smallest absolute Gasteiger partial charge is 0.337 e. The van der Waals surface area contributed by atoms with Crippen LogP contribution in [-0.4, -0.2) is 33.2 Å². The molecule has 1 heterocycles. The van der Waals surface area contributed by atoms with Crippen LogP contribution in [0.5, 0.6) is 11.5 Å². The van der Waals surface area contributed by atoms with Gasteiger partial charge in [0.25, 0.3) is 5.91 Å². The predicted octanol–water partition coefficient (Wildman–Crippen LogP) is 5.30. The molecule has 0 radical (unpaired) electrons. The molecular formula is C26H28N2O5S. The molecule has 1 aliphatic carbocycles. The second kappa shape index (κ2) is 10.6. The summed E-state index contributed by atoms with van der Waals surface area (Å²) in [6.07, 6.45) is 4.08. The number of esters is 1. The molecule has 34 heavy (non-hydrogen) atoms. The number of thiophene rings is 1. The zero-order valence-corrected chi connectivity index (χ0v) is 20.3. The van der Waals surface area contributed by atoms with Gasteiger partial charge in [-0.25, -0.2) is 4.79 Å². The summed E-state index contributed by atoms with van der Waals surface area (Å²) < 4.78 is 15.7. The van der Waals surface area contributed by atoms with E-state index < -0.39 is 5.97 Å². The summed E-state index contributed by atoms with van der Waals surface area (Å²) in [5, 5.41) is 7.31. The lowest BCUT2D eigenvalue weighted by Crippen LogP contribution is -2.16. The Hall–Kier alpha value is -3.52. The van der Waals surface area contributed by atoms with Crippen molar-refractivity contribution in [2.45, 2.75) is 32.2 Å². The van der Waals surface area contributed by atoms with Gasteiger partial charge in [-0.05, 0) is 61.6 Å². The summed E-state index contributed by atoms with van der Waals surface area (Å²) in [5.74, 6) is 0.769. The molecule has 1 aromatic heterocycles. The van der Waals surface area contributed by atoms with Gasteiger partial charge in [0.1, 0.15) is 5.00 Å². The average molecular weight is 481 g/mol. The molecule has 2 N–H and O–H groups in total. The van der Waals surface area contributed by atoms with E-state index in [-0.39, 0.29) is 5.91 Å². The van der Waals surface area contributed by atoms with E-state index in [0.717, 1.165) is 41.8 Å². The van der Waals surface area contributed by atoms with Crippen LogP contribution in [0.1, 0.15) is 49.6 Å². The Bertz CT molecular complexity index is 1190. The Morgan fingerprint density at radius 3 is 2.44 bits per heavy atom. The lowest BCUT2D eigenvalue weighted by molar-refractivity contribution is 0.0600. The van der Waals surface area contributed by atoms with Gasteiger partial charge in [0.2, 0.25) is 0 Å². The van der Waals surface area contributed by atoms with Crippen molar-refractivity contribution < 1.29 is 23.8 Å². The van der Waals surface area contributed by atoms with Crippen LogP contribution in [-0.2, 0) is 24.1 Å². The zero-order valence-electron chi connectivity index (χ0n) is 19.5. The van der Waals surface area contributed by atoms with E-state index in [2.05, 4.69) is 10.6 Å². The standard InChI is InChI=1S/C26H28N2O5S/c1-31-20-9-6-7-17(23(20)32-2)15-27-25-22(19-8-4-5-10-21(19)34-25)24(29)28-18-13-11-16(12-14-18)26(30)33-3/h6-7,9,11-14,27H,4-5,8,10,15H2,1-3H3,(H,28,29). The minimum absolute atomic E-state index is 0.162. The number of para-hydroxylation sites is 1. The van der Waals surface area contributed by atoms with Gasteiger partial charge in [0.15, 0.2) is 11.5 Å². The minimum atomic E-state index is -0.413. The Labute approximate surface area is 203 Å². The van der Waals surface area contributed by atoms with Crippen LogP contribution in [0.2, 0.25) is 0 Å². The third kappa shape index (κ3) is 4.87. The van der Waals surface area contributed by atoms with Gasteiger partial charge in [0, 0.05) is 22.7 Å². The van der Waals surface area contributed by atoms with E-state index in [1.54, 1.807) is 49.8 Å². The van der Waals surface area contributed by atoms with Crippen LogP contribution >= 0.6 is 11.3 Å². The summed E-state index contributed by atoms with van der Waals surface area (Å²) in [7, 11) is 4.57. The number of carbonyl (C=O) groups excluding carboxylic acids is 2. The third-order valence-electron chi connectivity index (χ3n) is 5.89. The van der Waals surface area contributed by atoms with Crippen LogP contribution < -0.4 is 20.1 Å². The highest BCUT2D eigenvalue weighted by molar-refractivity contribution is 7.16. The maximum absolute atomic E-state index is 13.4. The molecule has 0 fully saturated rings. The fourth-order valence-corrected chi connectivity index (χ4v) is 5.48. The Morgan fingerprint density at radius 2 is 1.74 bits per heavy atom. The van der Waals surface area contributed by atoms with Gasteiger partial charge in [0.05, 0.1) is 32.5 Å². The number of hydrogen-bond acceptors (Lipinski definition) is 7. The first-order valence-electron chi connectivity index (χ1n) is 11.1. The second-order valence-electron chi connectivity index (χ2n) is 7.94. The van der Waals surface area contributed by atoms with Gasteiger partial charge in [-0.15, -0.1) is 11.3 Å². The molecule has 0 bridgehead atoms. The molecule has 1 amide bonds. The molecule has 4 rings (SSSR count). The monoisotopic (exact) mass is 480 g/mol. The summed E-state index contributed by atoms with van der Waals surface area (Å²) in [6.45, 7) is 0.494. The van der Waals surface area contributed by atoms with Crippen molar-refractivity contribution in [2.24, 2.45) is 0 Å². The van der Waals surface area contributed by atoms with Crippen LogP contribution in [0.25, 0.3) is 0 Å². The molecule has 3 aromatic rings. The first-order chi connectivity index (χ1) is 16.5. The normalized spacial score (nSPS) is 12.4. The molecule has 0 spiro atoms. The quantitative estimate of drug-likeness (QED) is 0.426. The number of rotatable bonds is 8. The number of aryl methyl sites for hydroxylation is 1. The molecule has 8 heteroatoms. The lowest BCUT2D eigenvalue weighted by atomic mass is 9.95. The van der Waals surface area contributed by atoms with Crippen molar-refractivity contribution in [1.82, 2.24) is 0 Å². The van der Waals surface area contributed by atoms with E-state index in [1.807, 2.05) is 18.2 Å². The number of anilines is 2. The number of hydrogen-bond donors (Lipinski definition) is 2. The van der Waals surface area contributed by atoms with Crippen molar-refractivity contribution in [2.75, 3.05) is 32.0 Å². The summed E-state index contributed by atoms with van der Waals surface area (Å²) in [6, 6.07) is 12.4. The third-order valence-corrected chi connectivity index (χ3v) is 7.14. The number of ether oxygens (including phenoxy) is 3. The Kier molecular flexibility index (Phi) is 7.37. The SMILES string of the molecule is COC(=O)c1ccc(NC(=O)c2c(NCc3cccc(OC)c3OC)sc3c2CCCC3)cc1. The van der Waals surface area contributed by atoms with Crippen molar-refractivity contribution in [1.29, 1.82) is 0 Å². The number of methoxy groups -OCH3 is 3. The number of fused-ring (bicyclic) bond motifs is 1. The highest BCUT2D eigenvalue weighted by atomic mass is 32.1. The maximum Gasteiger partial charge on any atom is 0.337 e. The molecule has 0 atom stereocenters. The number of nitrogens with one attached hydrogen (secondary N) is 2.